The highest BCUT2D eigenvalue weighted by molar-refractivity contribution is 6.03. The Morgan fingerprint density at radius 3 is 2.50 bits per heavy atom. The summed E-state index contributed by atoms with van der Waals surface area (Å²) in [5, 5.41) is 2.42. The number of anilines is 2. The van der Waals surface area contributed by atoms with Crippen molar-refractivity contribution < 1.29 is 31.9 Å². The molecule has 0 aromatic carbocycles. The second-order valence-electron chi connectivity index (χ2n) is 10.0. The van der Waals surface area contributed by atoms with Gasteiger partial charge in [-0.1, -0.05) is 18.2 Å². The molecule has 0 bridgehead atoms. The summed E-state index contributed by atoms with van der Waals surface area (Å²) in [5.74, 6) is -2.14. The number of nitrogens with zero attached hydrogens (tertiary/aromatic N) is 4. The first kappa shape index (κ1) is 27.2. The van der Waals surface area contributed by atoms with Crippen molar-refractivity contribution in [2.75, 3.05) is 36.4 Å². The average Bonchev–Trinajstić information content (AvgIpc) is 3.17. The van der Waals surface area contributed by atoms with Crippen LogP contribution >= 0.6 is 0 Å². The molecule has 9 nitrogen and oxygen atoms in total. The van der Waals surface area contributed by atoms with Gasteiger partial charge in [-0.2, -0.15) is 13.2 Å². The van der Waals surface area contributed by atoms with E-state index in [1.807, 2.05) is 25.7 Å². The summed E-state index contributed by atoms with van der Waals surface area (Å²) >= 11 is 0. The number of pyridine rings is 1. The van der Waals surface area contributed by atoms with E-state index >= 15 is 0 Å². The van der Waals surface area contributed by atoms with Crippen LogP contribution in [0.3, 0.4) is 0 Å². The number of rotatable bonds is 4. The number of halogens is 3. The summed E-state index contributed by atoms with van der Waals surface area (Å²) in [4.78, 5) is 37.0. The zero-order valence-corrected chi connectivity index (χ0v) is 21.5. The Morgan fingerprint density at radius 2 is 1.87 bits per heavy atom. The predicted octanol–water partition coefficient (Wildman–Crippen LogP) is 5.52. The number of hydrogen-bond acceptors (Lipinski definition) is 7. The third-order valence-electron chi connectivity index (χ3n) is 5.82. The van der Waals surface area contributed by atoms with Crippen LogP contribution in [0, 0.1) is 0 Å². The lowest BCUT2D eigenvalue weighted by Crippen LogP contribution is -2.39. The number of aromatic nitrogens is 2. The van der Waals surface area contributed by atoms with Gasteiger partial charge in [-0.3, -0.25) is 4.79 Å². The summed E-state index contributed by atoms with van der Waals surface area (Å²) in [6.45, 7) is 7.63. The molecule has 2 amide bonds. The van der Waals surface area contributed by atoms with Crippen molar-refractivity contribution in [2.45, 2.75) is 51.8 Å². The number of oxazole rings is 1. The van der Waals surface area contributed by atoms with Gasteiger partial charge >= 0.3 is 12.3 Å². The number of ether oxygens (including phenoxy) is 1. The van der Waals surface area contributed by atoms with Gasteiger partial charge in [-0.05, 0) is 52.2 Å². The smallest absolute Gasteiger partial charge is 0.444 e. The lowest BCUT2D eigenvalue weighted by atomic mass is 10.1. The first-order chi connectivity index (χ1) is 17.9. The van der Waals surface area contributed by atoms with Crippen LogP contribution in [0.15, 0.2) is 41.0 Å². The molecule has 204 valence electrons. The van der Waals surface area contributed by atoms with Crippen LogP contribution in [-0.2, 0) is 10.9 Å². The van der Waals surface area contributed by atoms with E-state index in [0.717, 1.165) is 6.42 Å². The average molecular weight is 534 g/mol. The van der Waals surface area contributed by atoms with Crippen LogP contribution in [0.2, 0.25) is 0 Å². The van der Waals surface area contributed by atoms with Gasteiger partial charge in [-0.25, -0.2) is 14.8 Å². The van der Waals surface area contributed by atoms with E-state index in [1.54, 1.807) is 35.3 Å². The van der Waals surface area contributed by atoms with Gasteiger partial charge in [0.2, 0.25) is 11.7 Å². The van der Waals surface area contributed by atoms with Crippen LogP contribution in [0.4, 0.5) is 29.5 Å². The molecule has 1 fully saturated rings. The molecule has 2 aliphatic rings. The van der Waals surface area contributed by atoms with Crippen molar-refractivity contribution in [3.8, 4) is 0 Å². The van der Waals surface area contributed by atoms with Crippen molar-refractivity contribution in [1.29, 1.82) is 0 Å². The normalized spacial score (nSPS) is 16.6. The van der Waals surface area contributed by atoms with Crippen molar-refractivity contribution in [2.24, 2.45) is 0 Å². The van der Waals surface area contributed by atoms with Crippen LogP contribution in [0.5, 0.6) is 0 Å². The van der Waals surface area contributed by atoms with E-state index in [2.05, 4.69) is 15.3 Å². The summed E-state index contributed by atoms with van der Waals surface area (Å²) in [6.07, 6.45) is 3.37. The monoisotopic (exact) mass is 533 g/mol. The fourth-order valence-electron chi connectivity index (χ4n) is 4.05. The lowest BCUT2D eigenvalue weighted by Gasteiger charge is -2.26. The topological polar surface area (TPSA) is 101 Å². The Kier molecular flexibility index (Phi) is 7.79. The molecule has 2 aromatic rings. The van der Waals surface area contributed by atoms with Crippen molar-refractivity contribution in [1.82, 2.24) is 14.9 Å². The number of amides is 2. The maximum atomic E-state index is 13.6. The maximum absolute atomic E-state index is 13.6. The van der Waals surface area contributed by atoms with Gasteiger partial charge in [0.1, 0.15) is 11.4 Å². The number of carbonyl (C=O) groups excluding carboxylic acids is 2. The fourth-order valence-corrected chi connectivity index (χ4v) is 4.05. The highest BCUT2D eigenvalue weighted by atomic mass is 19.4. The maximum Gasteiger partial charge on any atom is 0.452 e. The molecule has 3 heterocycles. The minimum Gasteiger partial charge on any atom is -0.444 e. The van der Waals surface area contributed by atoms with Crippen LogP contribution in [0.1, 0.15) is 62.2 Å². The SMILES string of the molecule is CC(C)(C)OC(=O)N1CCCN(c2ccc(NC(=O)c3nc(C4=CCCC=C4)oc3C(F)(F)F)cn2)CC1. The quantitative estimate of drug-likeness (QED) is 0.552. The Bertz CT molecular complexity index is 1230. The van der Waals surface area contributed by atoms with Crippen molar-refractivity contribution in [3.63, 3.8) is 0 Å². The number of allylic oxidation sites excluding steroid dienone is 4. The summed E-state index contributed by atoms with van der Waals surface area (Å²) in [5.41, 5.74) is -0.817. The number of carbonyl (C=O) groups is 2. The van der Waals surface area contributed by atoms with E-state index in [0.29, 0.717) is 50.4 Å². The largest absolute Gasteiger partial charge is 0.452 e. The highest BCUT2D eigenvalue weighted by Crippen LogP contribution is 2.35. The van der Waals surface area contributed by atoms with Gasteiger partial charge < -0.3 is 24.3 Å². The van der Waals surface area contributed by atoms with Crippen LogP contribution in [0.25, 0.3) is 5.57 Å². The van der Waals surface area contributed by atoms with Crippen LogP contribution < -0.4 is 10.2 Å². The first-order valence-electron chi connectivity index (χ1n) is 12.4. The fraction of sp³-hybridized carbons (Fsp3) is 0.462. The highest BCUT2D eigenvalue weighted by Gasteiger charge is 2.42. The third-order valence-corrected chi connectivity index (χ3v) is 5.82. The lowest BCUT2D eigenvalue weighted by molar-refractivity contribution is -0.153. The minimum absolute atomic E-state index is 0.207. The molecule has 2 aromatic heterocycles. The van der Waals surface area contributed by atoms with Gasteiger partial charge in [0.15, 0.2) is 5.69 Å². The second-order valence-corrected chi connectivity index (χ2v) is 10.0. The molecule has 0 radical (unpaired) electrons. The zero-order chi connectivity index (χ0) is 27.5. The van der Waals surface area contributed by atoms with Gasteiger partial charge in [-0.15, -0.1) is 0 Å². The van der Waals surface area contributed by atoms with Gasteiger partial charge in [0.25, 0.3) is 5.91 Å². The van der Waals surface area contributed by atoms with E-state index in [4.69, 9.17) is 9.15 Å². The Hall–Kier alpha value is -3.83. The Labute approximate surface area is 218 Å². The molecule has 1 aliphatic heterocycles. The number of alkyl halides is 3. The first-order valence-corrected chi connectivity index (χ1v) is 12.4. The number of hydrogen-bond donors (Lipinski definition) is 1. The molecule has 38 heavy (non-hydrogen) atoms. The van der Waals surface area contributed by atoms with Crippen LogP contribution in [-0.4, -0.2) is 58.6 Å². The second kappa shape index (κ2) is 10.9. The predicted molar refractivity (Wildman–Crippen MR) is 135 cm³/mol. The van der Waals surface area contributed by atoms with Crippen molar-refractivity contribution >= 4 is 29.1 Å². The molecule has 0 unspecified atom stereocenters. The molecule has 0 spiro atoms. The molecular weight excluding hydrogens is 503 g/mol. The molecular formula is C26H30F3N5O4. The summed E-state index contributed by atoms with van der Waals surface area (Å²) in [6, 6.07) is 3.21. The molecule has 0 saturated carbocycles. The van der Waals surface area contributed by atoms with Gasteiger partial charge in [0.05, 0.1) is 11.9 Å². The summed E-state index contributed by atoms with van der Waals surface area (Å²) < 4.78 is 51.1. The number of nitrogens with one attached hydrogen (secondary N) is 1. The molecule has 0 atom stereocenters. The van der Waals surface area contributed by atoms with E-state index in [9.17, 15) is 22.8 Å². The molecule has 1 saturated heterocycles. The standard InChI is InChI=1S/C26H30F3N5O4/c1-25(2,3)38-24(36)34-13-7-12-33(14-15-34)19-11-10-18(16-30-19)31-22(35)20-21(26(27,28)29)37-23(32-20)17-8-5-4-6-9-17/h5,8-11,16H,4,6-7,12-15H2,1-3H3,(H,31,35). The Morgan fingerprint density at radius 1 is 1.08 bits per heavy atom. The molecule has 1 aliphatic carbocycles. The summed E-state index contributed by atoms with van der Waals surface area (Å²) in [7, 11) is 0. The minimum atomic E-state index is -4.89. The molecule has 12 heteroatoms. The zero-order valence-electron chi connectivity index (χ0n) is 21.5. The molecule has 1 N–H and O–H groups in total. The van der Waals surface area contributed by atoms with Gasteiger partial charge in [0, 0.05) is 31.8 Å². The van der Waals surface area contributed by atoms with E-state index in [1.165, 1.54) is 6.20 Å². The Balaban J connectivity index is 1.43. The third kappa shape index (κ3) is 6.73. The van der Waals surface area contributed by atoms with Crippen molar-refractivity contribution in [3.05, 3.63) is 53.9 Å². The van der Waals surface area contributed by atoms with E-state index in [-0.39, 0.29) is 17.7 Å². The van der Waals surface area contributed by atoms with E-state index < -0.39 is 29.1 Å². The molecule has 4 rings (SSSR count).